The Morgan fingerprint density at radius 2 is 1.60 bits per heavy atom. The molecule has 1 heterocycles. The average Bonchev–Trinajstić information content (AvgIpc) is 3.09. The largest absolute Gasteiger partial charge is 0.448 e. The lowest BCUT2D eigenvalue weighted by Gasteiger charge is -2.18. The van der Waals surface area contributed by atoms with E-state index >= 15 is 0 Å². The fourth-order valence-electron chi connectivity index (χ4n) is 3.18. The Hall–Kier alpha value is -3.22. The third-order valence-electron chi connectivity index (χ3n) is 4.57. The normalized spacial score (nSPS) is 11.9. The van der Waals surface area contributed by atoms with Crippen LogP contribution in [0.4, 0.5) is 0 Å². The molecule has 4 rings (SSSR count). The molecule has 1 aromatic heterocycles. The van der Waals surface area contributed by atoms with Gasteiger partial charge in [-0.1, -0.05) is 89.7 Å². The molecule has 0 N–H and O–H groups in total. The van der Waals surface area contributed by atoms with Gasteiger partial charge in [-0.2, -0.15) is 0 Å². The molecule has 30 heavy (non-hydrogen) atoms. The summed E-state index contributed by atoms with van der Waals surface area (Å²) in [6, 6.07) is 22.6. The van der Waals surface area contributed by atoms with Gasteiger partial charge in [0.1, 0.15) is 6.54 Å². The van der Waals surface area contributed by atoms with E-state index in [2.05, 4.69) is 0 Å². The number of para-hydroxylation sites is 1. The number of benzene rings is 3. The first-order chi connectivity index (χ1) is 14.5. The van der Waals surface area contributed by atoms with Crippen molar-refractivity contribution in [1.29, 1.82) is 0 Å². The molecule has 0 bridgehead atoms. The van der Waals surface area contributed by atoms with Gasteiger partial charge in [0.05, 0.1) is 15.2 Å². The van der Waals surface area contributed by atoms with Crippen molar-refractivity contribution >= 4 is 44.9 Å². The molecule has 0 unspecified atom stereocenters. The maximum absolute atomic E-state index is 13.1. The molecule has 5 nitrogen and oxygen atoms in total. The maximum Gasteiger partial charge on any atom is 0.327 e. The topological polar surface area (TPSA) is 65.4 Å². The van der Waals surface area contributed by atoms with Gasteiger partial charge in [0.25, 0.3) is 0 Å². The van der Waals surface area contributed by atoms with E-state index in [1.807, 2.05) is 6.07 Å². The number of Topliss-reactive ketones (excluding diaryl/α,β-unsaturated/α-hetero) is 1. The Labute approximate surface area is 181 Å². The van der Waals surface area contributed by atoms with Gasteiger partial charge < -0.3 is 4.74 Å². The molecule has 0 fully saturated rings. The predicted molar refractivity (Wildman–Crippen MR) is 117 cm³/mol. The molecule has 4 aromatic rings. The van der Waals surface area contributed by atoms with Gasteiger partial charge in [-0.25, -0.2) is 0 Å². The molecule has 3 aromatic carbocycles. The maximum atomic E-state index is 13.1. The first-order valence-electron chi connectivity index (χ1n) is 9.16. The molecule has 0 aliphatic heterocycles. The van der Waals surface area contributed by atoms with Crippen LogP contribution in [0.3, 0.4) is 0 Å². The van der Waals surface area contributed by atoms with Crippen LogP contribution in [-0.4, -0.2) is 16.3 Å². The van der Waals surface area contributed by atoms with Crippen molar-refractivity contribution in [3.63, 3.8) is 0 Å². The van der Waals surface area contributed by atoms with Gasteiger partial charge in [0.15, 0.2) is 6.10 Å². The van der Waals surface area contributed by atoms with E-state index < -0.39 is 12.1 Å². The lowest BCUT2D eigenvalue weighted by molar-refractivity contribution is -0.148. The summed E-state index contributed by atoms with van der Waals surface area (Å²) >= 11 is 7.23. The highest BCUT2D eigenvalue weighted by molar-refractivity contribution is 7.16. The fourth-order valence-corrected chi connectivity index (χ4v) is 4.43. The van der Waals surface area contributed by atoms with Crippen LogP contribution in [-0.2, 0) is 16.1 Å². The molecule has 0 amide bonds. The second-order valence-electron chi connectivity index (χ2n) is 6.55. The third-order valence-corrected chi connectivity index (χ3v) is 5.82. The van der Waals surface area contributed by atoms with Crippen molar-refractivity contribution in [2.24, 2.45) is 0 Å². The van der Waals surface area contributed by atoms with Crippen molar-refractivity contribution < 1.29 is 14.3 Å². The third kappa shape index (κ3) is 4.06. The van der Waals surface area contributed by atoms with Crippen molar-refractivity contribution in [3.05, 3.63) is 105 Å². The number of thiazole rings is 1. The number of ketones is 1. The molecule has 0 spiro atoms. The molecule has 7 heteroatoms. The number of nitrogens with zero attached hydrogens (tertiary/aromatic N) is 1. The van der Waals surface area contributed by atoms with E-state index in [0.717, 1.165) is 11.3 Å². The number of ether oxygens (including phenoxy) is 1. The van der Waals surface area contributed by atoms with Crippen LogP contribution < -0.4 is 4.87 Å². The van der Waals surface area contributed by atoms with Gasteiger partial charge in [-0.05, 0) is 12.1 Å². The van der Waals surface area contributed by atoms with Crippen LogP contribution in [0, 0.1) is 0 Å². The van der Waals surface area contributed by atoms with Gasteiger partial charge in [0, 0.05) is 11.1 Å². The number of aromatic nitrogens is 1. The van der Waals surface area contributed by atoms with Crippen LogP contribution in [0.25, 0.3) is 10.2 Å². The zero-order valence-electron chi connectivity index (χ0n) is 15.7. The van der Waals surface area contributed by atoms with Gasteiger partial charge >= 0.3 is 10.8 Å². The van der Waals surface area contributed by atoms with E-state index in [4.69, 9.17) is 16.3 Å². The molecule has 0 aliphatic rings. The standard InChI is InChI=1S/C23H16ClNO4S/c24-17-12-7-13-18-20(17)25(23(28)30-18)14-19(26)29-22(16-10-5-2-6-11-16)21(27)15-8-3-1-4-9-15/h1-13,22H,14H2/t22-/m0/s1. The minimum atomic E-state index is -1.11. The first-order valence-corrected chi connectivity index (χ1v) is 10.4. The SMILES string of the molecule is O=C(Cn1c(=O)sc2cccc(Cl)c21)O[C@H](C(=O)c1ccccc1)c1ccccc1. The van der Waals surface area contributed by atoms with Gasteiger partial charge in [0.2, 0.25) is 5.78 Å². The lowest BCUT2D eigenvalue weighted by atomic mass is 10.00. The predicted octanol–water partition coefficient (Wildman–Crippen LogP) is 4.88. The van der Waals surface area contributed by atoms with Crippen LogP contribution in [0.1, 0.15) is 22.0 Å². The number of hydrogen-bond donors (Lipinski definition) is 0. The van der Waals surface area contributed by atoms with E-state index in [9.17, 15) is 14.4 Å². The quantitative estimate of drug-likeness (QED) is 0.318. The van der Waals surface area contributed by atoms with Crippen LogP contribution in [0.15, 0.2) is 83.7 Å². The number of rotatable bonds is 6. The summed E-state index contributed by atoms with van der Waals surface area (Å²) in [5.41, 5.74) is 1.47. The van der Waals surface area contributed by atoms with Crippen LogP contribution >= 0.6 is 22.9 Å². The molecule has 0 saturated carbocycles. The Bertz CT molecular complexity index is 1260. The van der Waals surface area contributed by atoms with Crippen molar-refractivity contribution in [2.75, 3.05) is 0 Å². The monoisotopic (exact) mass is 437 g/mol. The molecular weight excluding hydrogens is 422 g/mol. The molecule has 0 saturated heterocycles. The van der Waals surface area contributed by atoms with Gasteiger partial charge in [-0.3, -0.25) is 19.0 Å². The molecule has 150 valence electrons. The highest BCUT2D eigenvalue weighted by Crippen LogP contribution is 2.26. The number of carbonyl (C=O) groups excluding carboxylic acids is 2. The second kappa shape index (κ2) is 8.65. The fraction of sp³-hybridized carbons (Fsp3) is 0.0870. The summed E-state index contributed by atoms with van der Waals surface area (Å²) in [5, 5.41) is 0.374. The number of fused-ring (bicyclic) bond motifs is 1. The van der Waals surface area contributed by atoms with E-state index in [-0.39, 0.29) is 17.2 Å². The highest BCUT2D eigenvalue weighted by atomic mass is 35.5. The number of carbonyl (C=O) groups is 2. The zero-order chi connectivity index (χ0) is 21.1. The minimum absolute atomic E-state index is 0.319. The Balaban J connectivity index is 1.64. The van der Waals surface area contributed by atoms with Crippen LogP contribution in [0.2, 0.25) is 5.02 Å². The number of esters is 1. The molecular formula is C23H16ClNO4S. The first kappa shape index (κ1) is 20.1. The lowest BCUT2D eigenvalue weighted by Crippen LogP contribution is -2.25. The summed E-state index contributed by atoms with van der Waals surface area (Å²) in [5.74, 6) is -1.04. The molecule has 0 radical (unpaired) electrons. The molecule has 1 atom stereocenters. The highest BCUT2D eigenvalue weighted by Gasteiger charge is 2.27. The van der Waals surface area contributed by atoms with Crippen molar-refractivity contribution in [2.45, 2.75) is 12.6 Å². The smallest absolute Gasteiger partial charge is 0.327 e. The Morgan fingerprint density at radius 1 is 0.933 bits per heavy atom. The van der Waals surface area contributed by atoms with Gasteiger partial charge in [-0.15, -0.1) is 0 Å². The van der Waals surface area contributed by atoms with Crippen molar-refractivity contribution in [1.82, 2.24) is 4.57 Å². The Kier molecular flexibility index (Phi) is 5.79. The Morgan fingerprint density at radius 3 is 2.30 bits per heavy atom. The summed E-state index contributed by atoms with van der Waals surface area (Å²) < 4.78 is 7.54. The summed E-state index contributed by atoms with van der Waals surface area (Å²) in [4.78, 5) is 37.9. The number of hydrogen-bond acceptors (Lipinski definition) is 5. The van der Waals surface area contributed by atoms with Crippen LogP contribution in [0.5, 0.6) is 0 Å². The summed E-state index contributed by atoms with van der Waals surface area (Å²) in [7, 11) is 0. The van der Waals surface area contributed by atoms with E-state index in [0.29, 0.717) is 26.4 Å². The minimum Gasteiger partial charge on any atom is -0.448 e. The second-order valence-corrected chi connectivity index (χ2v) is 7.95. The summed E-state index contributed by atoms with van der Waals surface area (Å²) in [6.45, 7) is -0.339. The zero-order valence-corrected chi connectivity index (χ0v) is 17.2. The van der Waals surface area contributed by atoms with E-state index in [1.165, 1.54) is 4.57 Å². The average molecular weight is 438 g/mol. The molecule has 0 aliphatic carbocycles. The van der Waals surface area contributed by atoms with Crippen molar-refractivity contribution in [3.8, 4) is 0 Å². The summed E-state index contributed by atoms with van der Waals surface area (Å²) in [6.07, 6.45) is -1.11. The number of halogens is 1. The van der Waals surface area contributed by atoms with E-state index in [1.54, 1.807) is 72.8 Å².